The van der Waals surface area contributed by atoms with E-state index in [2.05, 4.69) is 292 Å². The van der Waals surface area contributed by atoms with E-state index in [9.17, 15) is 0 Å². The number of aryl methyl sites for hydroxylation is 1. The lowest BCUT2D eigenvalue weighted by molar-refractivity contribution is 1.50. The monoisotopic (exact) mass is 1190 g/mol. The Morgan fingerprint density at radius 1 is 0.137 bits per heavy atom. The fraction of sp³-hybridized carbons (Fsp3) is 0.0105. The average Bonchev–Trinajstić information content (AvgIpc) is 1.53. The maximum atomic E-state index is 2.56. The number of benzene rings is 22. The van der Waals surface area contributed by atoms with Crippen LogP contribution in [0.2, 0.25) is 0 Å². The van der Waals surface area contributed by atoms with Crippen LogP contribution < -0.4 is 0 Å². The lowest BCUT2D eigenvalue weighted by Crippen LogP contribution is -1.97. The second-order valence-electron chi connectivity index (χ2n) is 27.5. The summed E-state index contributed by atoms with van der Waals surface area (Å²) in [6.07, 6.45) is 0. The first kappa shape index (κ1) is 49.5. The average molecular weight is 1190 g/mol. The molecule has 430 valence electrons. The van der Waals surface area contributed by atoms with Crippen molar-refractivity contribution in [2.75, 3.05) is 0 Å². The summed E-state index contributed by atoms with van der Waals surface area (Å²) in [5, 5.41) is 38.9. The summed E-state index contributed by atoms with van der Waals surface area (Å²) in [6.45, 7) is 2.28. The Balaban J connectivity index is 0.879. The topological polar surface area (TPSA) is 0 Å². The summed E-state index contributed by atoms with van der Waals surface area (Å²) in [5.74, 6) is 0. The molecule has 0 amide bonds. The SMILES string of the molecule is Cc1ccc2c(-c3ccc4ccc5cccc6ccc3c4c56)c3c(c(-c4ccc5ccc6cccc7ccc4c5c67)c2c1)-c1ccc2c4c(ccc-3c14)-c1c-2c(-c2ccc3ccc4cccc5ccc2c3c45)c2ccccc2c1-c1ccc2ccc3cccc4ccc1c2c34. The Morgan fingerprint density at radius 2 is 0.358 bits per heavy atom. The van der Waals surface area contributed by atoms with Gasteiger partial charge < -0.3 is 0 Å². The molecular weight excluding hydrogens is 1140 g/mol. The van der Waals surface area contributed by atoms with Crippen molar-refractivity contribution in [1.29, 1.82) is 0 Å². The molecule has 0 spiro atoms. The van der Waals surface area contributed by atoms with Crippen molar-refractivity contribution in [3.63, 3.8) is 0 Å². The van der Waals surface area contributed by atoms with Gasteiger partial charge in [0.05, 0.1) is 0 Å². The Morgan fingerprint density at radius 3 is 0.653 bits per heavy atom. The van der Waals surface area contributed by atoms with Crippen molar-refractivity contribution >= 4 is 162 Å². The summed E-state index contributed by atoms with van der Waals surface area (Å²) in [6, 6.07) is 111. The summed E-state index contributed by atoms with van der Waals surface area (Å²) in [4.78, 5) is 0. The van der Waals surface area contributed by atoms with E-state index in [-0.39, 0.29) is 0 Å². The minimum Gasteiger partial charge on any atom is -0.0616 e. The Bertz CT molecular complexity index is 7050. The van der Waals surface area contributed by atoms with Gasteiger partial charge in [-0.25, -0.2) is 0 Å². The Labute approximate surface area is 544 Å². The molecule has 0 fully saturated rings. The maximum absolute atomic E-state index is 2.56. The zero-order valence-electron chi connectivity index (χ0n) is 51.6. The van der Waals surface area contributed by atoms with Crippen molar-refractivity contribution in [3.8, 4) is 89.0 Å². The molecule has 2 aliphatic rings. The minimum atomic E-state index is 1.25. The van der Waals surface area contributed by atoms with Gasteiger partial charge in [-0.1, -0.05) is 291 Å². The molecule has 0 saturated heterocycles. The van der Waals surface area contributed by atoms with Crippen LogP contribution >= 0.6 is 0 Å². The first-order valence-electron chi connectivity index (χ1n) is 33.5. The van der Waals surface area contributed by atoms with E-state index in [4.69, 9.17) is 0 Å². The smallest absolute Gasteiger partial charge is 0.000718 e. The predicted molar refractivity (Wildman–Crippen MR) is 409 cm³/mol. The van der Waals surface area contributed by atoms with Crippen LogP contribution in [0.5, 0.6) is 0 Å². The van der Waals surface area contributed by atoms with Crippen LogP contribution in [0, 0.1) is 6.92 Å². The largest absolute Gasteiger partial charge is 0.0616 e. The Hall–Kier alpha value is -12.2. The van der Waals surface area contributed by atoms with Crippen molar-refractivity contribution in [2.45, 2.75) is 6.92 Å². The molecule has 22 aromatic carbocycles. The van der Waals surface area contributed by atoms with Crippen LogP contribution in [0.15, 0.2) is 285 Å². The van der Waals surface area contributed by atoms with E-state index in [1.54, 1.807) is 0 Å². The van der Waals surface area contributed by atoms with E-state index in [0.29, 0.717) is 0 Å². The van der Waals surface area contributed by atoms with Crippen LogP contribution in [0.3, 0.4) is 0 Å². The minimum absolute atomic E-state index is 1.25. The molecule has 0 aliphatic heterocycles. The molecule has 0 heteroatoms. The van der Waals surface area contributed by atoms with Gasteiger partial charge >= 0.3 is 0 Å². The van der Waals surface area contributed by atoms with Crippen molar-refractivity contribution in [1.82, 2.24) is 0 Å². The van der Waals surface area contributed by atoms with Gasteiger partial charge in [-0.3, -0.25) is 0 Å². The van der Waals surface area contributed by atoms with Crippen LogP contribution in [0.25, 0.3) is 251 Å². The first-order valence-corrected chi connectivity index (χ1v) is 33.5. The number of rotatable bonds is 4. The van der Waals surface area contributed by atoms with Gasteiger partial charge in [-0.2, -0.15) is 0 Å². The number of hydrogen-bond acceptors (Lipinski definition) is 0. The third kappa shape index (κ3) is 6.03. The highest BCUT2D eigenvalue weighted by Crippen LogP contribution is 2.66. The summed E-state index contributed by atoms with van der Waals surface area (Å²) >= 11 is 0. The zero-order valence-corrected chi connectivity index (χ0v) is 51.6. The fourth-order valence-electron chi connectivity index (χ4n) is 19.4. The van der Waals surface area contributed by atoms with Gasteiger partial charge in [-0.05, 0) is 258 Å². The molecule has 0 radical (unpaired) electrons. The van der Waals surface area contributed by atoms with E-state index in [0.717, 1.165) is 0 Å². The van der Waals surface area contributed by atoms with E-state index in [1.165, 1.54) is 256 Å². The molecule has 0 heterocycles. The third-order valence-corrected chi connectivity index (χ3v) is 23.1. The highest BCUT2D eigenvalue weighted by Gasteiger charge is 2.39. The van der Waals surface area contributed by atoms with Gasteiger partial charge in [0.1, 0.15) is 0 Å². The van der Waals surface area contributed by atoms with E-state index in [1.807, 2.05) is 0 Å². The van der Waals surface area contributed by atoms with Crippen molar-refractivity contribution < 1.29 is 0 Å². The molecule has 0 nitrogen and oxygen atoms in total. The summed E-state index contributed by atoms with van der Waals surface area (Å²) in [5.41, 5.74) is 21.9. The number of hydrogen-bond donors (Lipinski definition) is 0. The quantitative estimate of drug-likeness (QED) is 0.154. The molecule has 0 atom stereocenters. The van der Waals surface area contributed by atoms with Crippen molar-refractivity contribution in [3.05, 3.63) is 291 Å². The molecule has 24 rings (SSSR count). The highest BCUT2D eigenvalue weighted by atomic mass is 14.4. The van der Waals surface area contributed by atoms with Crippen LogP contribution in [-0.2, 0) is 0 Å². The van der Waals surface area contributed by atoms with Crippen LogP contribution in [0.4, 0.5) is 0 Å². The normalized spacial score (nSPS) is 12.9. The number of fused-ring (bicyclic) bond motifs is 8. The lowest BCUT2D eigenvalue weighted by atomic mass is 9.78. The molecule has 0 unspecified atom stereocenters. The molecule has 95 heavy (non-hydrogen) atoms. The molecular formula is C95H50. The highest BCUT2D eigenvalue weighted by molar-refractivity contribution is 6.40. The van der Waals surface area contributed by atoms with Gasteiger partial charge in [-0.15, -0.1) is 0 Å². The third-order valence-electron chi connectivity index (χ3n) is 23.1. The fourth-order valence-corrected chi connectivity index (χ4v) is 19.4. The molecule has 2 aliphatic carbocycles. The molecule has 0 N–H and O–H groups in total. The predicted octanol–water partition coefficient (Wildman–Crippen LogP) is 27.0. The summed E-state index contributed by atoms with van der Waals surface area (Å²) < 4.78 is 0. The first-order chi connectivity index (χ1) is 47.1. The lowest BCUT2D eigenvalue weighted by Gasteiger charge is -2.24. The van der Waals surface area contributed by atoms with E-state index < -0.39 is 0 Å². The van der Waals surface area contributed by atoms with E-state index >= 15 is 0 Å². The van der Waals surface area contributed by atoms with Gasteiger partial charge in [0.15, 0.2) is 0 Å². The zero-order chi connectivity index (χ0) is 61.4. The molecule has 0 aromatic heterocycles. The van der Waals surface area contributed by atoms with Crippen LogP contribution in [-0.4, -0.2) is 0 Å². The van der Waals surface area contributed by atoms with Crippen LogP contribution in [0.1, 0.15) is 5.56 Å². The van der Waals surface area contributed by atoms with Crippen molar-refractivity contribution in [2.24, 2.45) is 0 Å². The standard InChI is InChI=1S/C95H50/c1-49-18-35-72-77(48-49)89(71-43-34-61-26-22-53-11-7-15-57-30-39-67(71)85(61)81(53)57)95-76-47-46-74-90-73(44-45-75(91(76)90)94(95)88(72)70-42-33-60-25-21-52-10-6-14-56-29-38-66(70)84(60)80(52)56)92-86(68-40-31-58-23-19-50-8-4-12-54-27-36-64(68)82(58)78(50)54)62-16-2-3-17-63(62)87(93(74)92)69-41-32-59-24-20-51-9-5-13-55-28-37-65(69)83(59)79(51)55/h2-48H,1H3. The van der Waals surface area contributed by atoms with Gasteiger partial charge in [0, 0.05) is 0 Å². The maximum Gasteiger partial charge on any atom is -0.000718 e. The molecule has 0 bridgehead atoms. The van der Waals surface area contributed by atoms with Gasteiger partial charge in [0.2, 0.25) is 0 Å². The summed E-state index contributed by atoms with van der Waals surface area (Å²) in [7, 11) is 0. The second kappa shape index (κ2) is 17.3. The molecule has 22 aromatic rings. The van der Waals surface area contributed by atoms with Gasteiger partial charge in [0.25, 0.3) is 0 Å². The molecule has 0 saturated carbocycles. The second-order valence-corrected chi connectivity index (χ2v) is 27.5. The Kier molecular flexibility index (Phi) is 9.00.